The molecule has 0 spiro atoms. The normalized spacial score (nSPS) is 19.4. The van der Waals surface area contributed by atoms with Crippen molar-refractivity contribution in [1.82, 2.24) is 10.2 Å². The molecule has 130 valence electrons. The molecule has 0 saturated carbocycles. The van der Waals surface area contributed by atoms with Gasteiger partial charge in [-0.05, 0) is 18.9 Å². The summed E-state index contributed by atoms with van der Waals surface area (Å²) < 4.78 is 0. The lowest BCUT2D eigenvalue weighted by Gasteiger charge is -2.28. The topological polar surface area (TPSA) is 66.5 Å². The number of piperidine rings is 1. The minimum atomic E-state index is -0.568. The lowest BCUT2D eigenvalue weighted by atomic mass is 10.0. The first-order valence-electron chi connectivity index (χ1n) is 8.01. The number of rotatable bonds is 1. The maximum atomic E-state index is 11.7. The van der Waals surface area contributed by atoms with Crippen LogP contribution in [0.1, 0.15) is 47.5 Å². The summed E-state index contributed by atoms with van der Waals surface area (Å²) in [6, 6.07) is -0.568. The van der Waals surface area contributed by atoms with Gasteiger partial charge in [-0.15, -0.1) is 6.58 Å². The van der Waals surface area contributed by atoms with Crippen LogP contribution in [0.3, 0.4) is 0 Å². The highest BCUT2D eigenvalue weighted by Crippen LogP contribution is 2.25. The van der Waals surface area contributed by atoms with Gasteiger partial charge in [0.15, 0.2) is 0 Å². The van der Waals surface area contributed by atoms with Crippen LogP contribution in [0.5, 0.6) is 0 Å². The molecule has 0 radical (unpaired) electrons. The van der Waals surface area contributed by atoms with Gasteiger partial charge in [-0.3, -0.25) is 19.7 Å². The second kappa shape index (κ2) is 12.4. The van der Waals surface area contributed by atoms with Crippen LogP contribution in [-0.4, -0.2) is 35.2 Å². The molecule has 3 amide bonds. The first kappa shape index (κ1) is 23.1. The summed E-state index contributed by atoms with van der Waals surface area (Å²) in [6.45, 7) is 20.9. The van der Waals surface area contributed by atoms with E-state index in [2.05, 4.69) is 25.1 Å². The molecule has 0 aromatic carbocycles. The van der Waals surface area contributed by atoms with Crippen molar-refractivity contribution in [3.05, 3.63) is 37.0 Å². The molecule has 23 heavy (non-hydrogen) atoms. The summed E-state index contributed by atoms with van der Waals surface area (Å²) in [5, 5.41) is 2.23. The quantitative estimate of drug-likeness (QED) is 0.458. The van der Waals surface area contributed by atoms with Crippen LogP contribution in [0.4, 0.5) is 0 Å². The predicted octanol–water partition coefficient (Wildman–Crippen LogP) is 2.99. The molecule has 1 N–H and O–H groups in total. The molecule has 0 bridgehead atoms. The number of allylic oxidation sites excluding steroid dienone is 1. The lowest BCUT2D eigenvalue weighted by Crippen LogP contribution is -2.52. The summed E-state index contributed by atoms with van der Waals surface area (Å²) in [7, 11) is 0. The van der Waals surface area contributed by atoms with Crippen LogP contribution < -0.4 is 5.32 Å². The van der Waals surface area contributed by atoms with Gasteiger partial charge < -0.3 is 4.90 Å². The standard InChI is InChI=1S/C11H12N2O3.C3H6.2C2H6/c1-6-5-13(11(16)7(6)2)8-3-4-9(14)12-10(8)15;1-3-2;2*1-2/h8H,1-5H2,(H,12,14,15);3H,1H2,2H3;2*1-2H3. The lowest BCUT2D eigenvalue weighted by molar-refractivity contribution is -0.142. The number of amides is 3. The van der Waals surface area contributed by atoms with Gasteiger partial charge in [-0.1, -0.05) is 46.9 Å². The molecule has 5 heteroatoms. The fourth-order valence-corrected chi connectivity index (χ4v) is 1.93. The van der Waals surface area contributed by atoms with Crippen molar-refractivity contribution in [1.29, 1.82) is 0 Å². The van der Waals surface area contributed by atoms with E-state index in [1.165, 1.54) is 4.90 Å². The Kier molecular flexibility index (Phi) is 12.4. The molecule has 2 aliphatic heterocycles. The second-order valence-electron chi connectivity index (χ2n) is 4.39. The fourth-order valence-electron chi connectivity index (χ4n) is 1.93. The van der Waals surface area contributed by atoms with E-state index in [1.807, 2.05) is 34.6 Å². The summed E-state index contributed by atoms with van der Waals surface area (Å²) in [5.74, 6) is -0.961. The third-order valence-electron chi connectivity index (χ3n) is 2.89. The van der Waals surface area contributed by atoms with E-state index in [-0.39, 0.29) is 18.2 Å². The highest BCUT2D eigenvalue weighted by atomic mass is 16.2. The van der Waals surface area contributed by atoms with Crippen LogP contribution >= 0.6 is 0 Å². The number of hydrogen-bond acceptors (Lipinski definition) is 3. The van der Waals surface area contributed by atoms with E-state index < -0.39 is 11.9 Å². The summed E-state index contributed by atoms with van der Waals surface area (Å²) >= 11 is 0. The molecular formula is C18H30N2O3. The highest BCUT2D eigenvalue weighted by Gasteiger charge is 2.39. The van der Waals surface area contributed by atoms with Gasteiger partial charge >= 0.3 is 0 Å². The maximum Gasteiger partial charge on any atom is 0.254 e. The molecular weight excluding hydrogens is 292 g/mol. The molecule has 1 atom stereocenters. The van der Waals surface area contributed by atoms with Crippen LogP contribution in [0.25, 0.3) is 0 Å². The molecule has 2 aliphatic rings. The molecule has 0 aromatic rings. The van der Waals surface area contributed by atoms with Gasteiger partial charge in [0, 0.05) is 18.5 Å². The Hall–Kier alpha value is -2.17. The SMILES string of the molecule is C=C1CN(C2CCC(=O)NC2=O)C(=O)C1=C.C=CC.CC.CC. The highest BCUT2D eigenvalue weighted by molar-refractivity contribution is 6.06. The van der Waals surface area contributed by atoms with Crippen molar-refractivity contribution in [2.24, 2.45) is 0 Å². The zero-order valence-corrected chi connectivity index (χ0v) is 15.1. The van der Waals surface area contributed by atoms with Gasteiger partial charge in [0.2, 0.25) is 11.8 Å². The number of nitrogens with one attached hydrogen (secondary N) is 1. The molecule has 0 aliphatic carbocycles. The predicted molar refractivity (Wildman–Crippen MR) is 94.7 cm³/mol. The first-order valence-corrected chi connectivity index (χ1v) is 8.01. The second-order valence-corrected chi connectivity index (χ2v) is 4.39. The van der Waals surface area contributed by atoms with Gasteiger partial charge in [-0.25, -0.2) is 0 Å². The van der Waals surface area contributed by atoms with E-state index in [9.17, 15) is 14.4 Å². The average molecular weight is 322 g/mol. The van der Waals surface area contributed by atoms with Gasteiger partial charge in [0.1, 0.15) is 6.04 Å². The number of likely N-dealkylation sites (tertiary alicyclic amines) is 1. The zero-order chi connectivity index (χ0) is 18.6. The van der Waals surface area contributed by atoms with Crippen molar-refractivity contribution >= 4 is 17.7 Å². The minimum absolute atomic E-state index is 0.263. The van der Waals surface area contributed by atoms with Crippen molar-refractivity contribution < 1.29 is 14.4 Å². The van der Waals surface area contributed by atoms with E-state index >= 15 is 0 Å². The van der Waals surface area contributed by atoms with Gasteiger partial charge in [-0.2, -0.15) is 0 Å². The molecule has 1 unspecified atom stereocenters. The van der Waals surface area contributed by atoms with E-state index in [4.69, 9.17) is 0 Å². The monoisotopic (exact) mass is 322 g/mol. The molecule has 2 rings (SSSR count). The Balaban J connectivity index is 0. The molecule has 5 nitrogen and oxygen atoms in total. The van der Waals surface area contributed by atoms with E-state index in [0.717, 1.165) is 0 Å². The molecule has 2 heterocycles. The molecule has 0 aromatic heterocycles. The Morgan fingerprint density at radius 3 is 1.96 bits per heavy atom. The average Bonchev–Trinajstić information content (AvgIpc) is 2.80. The maximum absolute atomic E-state index is 11.7. The van der Waals surface area contributed by atoms with Crippen LogP contribution in [0, 0.1) is 0 Å². The Labute approximate surface area is 140 Å². The van der Waals surface area contributed by atoms with Crippen molar-refractivity contribution in [2.75, 3.05) is 6.54 Å². The van der Waals surface area contributed by atoms with Crippen LogP contribution in [0.15, 0.2) is 37.0 Å². The number of nitrogens with zero attached hydrogens (tertiary/aromatic N) is 1. The van der Waals surface area contributed by atoms with Crippen molar-refractivity contribution in [3.63, 3.8) is 0 Å². The number of carbonyl (C=O) groups excluding carboxylic acids is 3. The third kappa shape index (κ3) is 6.63. The first-order chi connectivity index (χ1) is 10.9. The number of imide groups is 1. The van der Waals surface area contributed by atoms with Crippen LogP contribution in [-0.2, 0) is 14.4 Å². The Morgan fingerprint density at radius 1 is 1.13 bits per heavy atom. The Morgan fingerprint density at radius 2 is 1.61 bits per heavy atom. The molecule has 2 saturated heterocycles. The zero-order valence-electron chi connectivity index (χ0n) is 15.1. The van der Waals surface area contributed by atoms with Gasteiger partial charge in [0.05, 0.1) is 0 Å². The Bertz CT molecular complexity index is 467. The smallest absolute Gasteiger partial charge is 0.254 e. The largest absolute Gasteiger partial charge is 0.322 e. The number of carbonyl (C=O) groups is 3. The summed E-state index contributed by atoms with van der Waals surface area (Å²) in [6.07, 6.45) is 2.39. The summed E-state index contributed by atoms with van der Waals surface area (Å²) in [4.78, 5) is 35.7. The van der Waals surface area contributed by atoms with E-state index in [0.29, 0.717) is 24.1 Å². The third-order valence-corrected chi connectivity index (χ3v) is 2.89. The van der Waals surface area contributed by atoms with Crippen molar-refractivity contribution in [3.8, 4) is 0 Å². The fraction of sp³-hybridized carbons (Fsp3) is 0.500. The van der Waals surface area contributed by atoms with Crippen molar-refractivity contribution in [2.45, 2.75) is 53.5 Å². The van der Waals surface area contributed by atoms with E-state index in [1.54, 1.807) is 6.08 Å². The minimum Gasteiger partial charge on any atom is -0.322 e. The summed E-state index contributed by atoms with van der Waals surface area (Å²) in [5.41, 5.74) is 0.986. The van der Waals surface area contributed by atoms with Gasteiger partial charge in [0.25, 0.3) is 5.91 Å². The molecule has 2 fully saturated rings. The number of hydrogen-bond donors (Lipinski definition) is 1. The van der Waals surface area contributed by atoms with Crippen LogP contribution in [0.2, 0.25) is 0 Å².